The van der Waals surface area contributed by atoms with Gasteiger partial charge in [0.25, 0.3) is 0 Å². The maximum Gasteiger partial charge on any atom is 0.226 e. The molecule has 0 aliphatic heterocycles. The van der Waals surface area contributed by atoms with E-state index < -0.39 is 0 Å². The van der Waals surface area contributed by atoms with Gasteiger partial charge < -0.3 is 9.80 Å². The first kappa shape index (κ1) is 22.3. The van der Waals surface area contributed by atoms with Crippen molar-refractivity contribution in [2.75, 3.05) is 19.0 Å². The van der Waals surface area contributed by atoms with Gasteiger partial charge in [-0.05, 0) is 55.7 Å². The summed E-state index contributed by atoms with van der Waals surface area (Å²) in [5.41, 5.74) is 3.63. The molecule has 0 N–H and O–H groups in total. The lowest BCUT2D eigenvalue weighted by atomic mass is 9.84. The molecule has 0 unspecified atom stereocenters. The number of anilines is 1. The normalized spacial score (nSPS) is 13.7. The van der Waals surface area contributed by atoms with Gasteiger partial charge in [-0.1, -0.05) is 36.2 Å². The van der Waals surface area contributed by atoms with Crippen LogP contribution in [0.2, 0.25) is 5.02 Å². The number of benzene rings is 2. The maximum absolute atomic E-state index is 13.4. The number of hydrogen-bond acceptors (Lipinski definition) is 3. The Morgan fingerprint density at radius 1 is 1.16 bits per heavy atom. The summed E-state index contributed by atoms with van der Waals surface area (Å²) >= 11 is 6.22. The lowest BCUT2D eigenvalue weighted by Gasteiger charge is -2.32. The Bertz CT molecular complexity index is 1110. The van der Waals surface area contributed by atoms with E-state index in [1.807, 2.05) is 59.8 Å². The van der Waals surface area contributed by atoms with Gasteiger partial charge in [-0.15, -0.1) is 0 Å². The first-order chi connectivity index (χ1) is 15.3. The number of nitrogens with zero attached hydrogens (tertiary/aromatic N) is 4. The molecular weight excluding hydrogens is 427 g/mol. The van der Waals surface area contributed by atoms with Gasteiger partial charge in [-0.3, -0.25) is 4.79 Å². The average Bonchev–Trinajstić information content (AvgIpc) is 3.04. The van der Waals surface area contributed by atoms with Crippen LogP contribution in [0.1, 0.15) is 36.1 Å². The van der Waals surface area contributed by atoms with Crippen molar-refractivity contribution < 1.29 is 9.18 Å². The van der Waals surface area contributed by atoms with E-state index in [1.165, 1.54) is 12.1 Å². The third kappa shape index (κ3) is 4.65. The number of rotatable bonds is 7. The molecule has 0 spiro atoms. The molecule has 0 atom stereocenters. The van der Waals surface area contributed by atoms with Crippen LogP contribution in [0.3, 0.4) is 0 Å². The Hall–Kier alpha value is -2.86. The van der Waals surface area contributed by atoms with E-state index in [0.29, 0.717) is 18.1 Å². The fourth-order valence-electron chi connectivity index (χ4n) is 4.11. The molecule has 1 fully saturated rings. The lowest BCUT2D eigenvalue weighted by molar-refractivity contribution is -0.139. The van der Waals surface area contributed by atoms with E-state index in [4.69, 9.17) is 16.7 Å². The van der Waals surface area contributed by atoms with Crippen LogP contribution in [0.5, 0.6) is 0 Å². The highest BCUT2D eigenvalue weighted by atomic mass is 35.5. The van der Waals surface area contributed by atoms with Crippen LogP contribution in [0.25, 0.3) is 5.69 Å². The van der Waals surface area contributed by atoms with Crippen LogP contribution in [0, 0.1) is 18.7 Å². The Morgan fingerprint density at radius 2 is 1.88 bits per heavy atom. The zero-order chi connectivity index (χ0) is 22.8. The van der Waals surface area contributed by atoms with Crippen LogP contribution in [0.15, 0.2) is 48.5 Å². The van der Waals surface area contributed by atoms with Crippen LogP contribution in [-0.2, 0) is 17.9 Å². The predicted molar refractivity (Wildman–Crippen MR) is 126 cm³/mol. The Morgan fingerprint density at radius 3 is 2.47 bits per heavy atom. The van der Waals surface area contributed by atoms with Crippen molar-refractivity contribution >= 4 is 23.3 Å². The summed E-state index contributed by atoms with van der Waals surface area (Å²) in [6, 6.07) is 13.9. The summed E-state index contributed by atoms with van der Waals surface area (Å²) in [5, 5.41) is 5.42. The van der Waals surface area contributed by atoms with E-state index in [9.17, 15) is 9.18 Å². The Labute approximate surface area is 193 Å². The molecule has 1 aliphatic rings. The second-order valence-electron chi connectivity index (χ2n) is 8.62. The van der Waals surface area contributed by atoms with Gasteiger partial charge in [0.05, 0.1) is 17.9 Å². The number of aryl methyl sites for hydroxylation is 1. The molecular formula is C25H28ClFN4O. The molecule has 2 aromatic carbocycles. The lowest BCUT2D eigenvalue weighted by Crippen LogP contribution is -2.38. The quantitative estimate of drug-likeness (QED) is 0.482. The van der Waals surface area contributed by atoms with Crippen molar-refractivity contribution in [2.45, 2.75) is 39.3 Å². The van der Waals surface area contributed by atoms with Crippen LogP contribution in [-0.4, -0.2) is 34.7 Å². The molecule has 32 heavy (non-hydrogen) atoms. The minimum absolute atomic E-state index is 0.0709. The molecule has 1 aromatic heterocycles. The third-order valence-electron chi connectivity index (χ3n) is 6.04. The van der Waals surface area contributed by atoms with Gasteiger partial charge in [0.15, 0.2) is 0 Å². The van der Waals surface area contributed by atoms with Crippen molar-refractivity contribution in [3.63, 3.8) is 0 Å². The summed E-state index contributed by atoms with van der Waals surface area (Å²) < 4.78 is 15.3. The summed E-state index contributed by atoms with van der Waals surface area (Å²) in [6.45, 7) is 2.84. The highest BCUT2D eigenvalue weighted by molar-refractivity contribution is 6.30. The molecule has 1 amide bonds. The molecule has 168 valence electrons. The molecule has 0 bridgehead atoms. The minimum Gasteiger partial charge on any atom is -0.362 e. The fourth-order valence-corrected chi connectivity index (χ4v) is 4.29. The Kier molecular flexibility index (Phi) is 6.51. The van der Waals surface area contributed by atoms with Crippen molar-refractivity contribution in [2.24, 2.45) is 5.92 Å². The fraction of sp³-hybridized carbons (Fsp3) is 0.360. The van der Waals surface area contributed by atoms with Gasteiger partial charge in [0, 0.05) is 37.1 Å². The number of amides is 1. The first-order valence-electron chi connectivity index (χ1n) is 10.9. The molecule has 7 heteroatoms. The minimum atomic E-state index is -0.279. The van der Waals surface area contributed by atoms with Gasteiger partial charge >= 0.3 is 0 Å². The zero-order valence-electron chi connectivity index (χ0n) is 18.7. The SMILES string of the molecule is Cc1nn(-c2cccc(Cl)c2)c(N(C)C)c1CN(Cc1ccc(F)cc1)C(=O)C1CCC1. The summed E-state index contributed by atoms with van der Waals surface area (Å²) in [6.07, 6.45) is 2.95. The first-order valence-corrected chi connectivity index (χ1v) is 11.3. The highest BCUT2D eigenvalue weighted by Crippen LogP contribution is 2.32. The van der Waals surface area contributed by atoms with Gasteiger partial charge in [0.2, 0.25) is 5.91 Å². The monoisotopic (exact) mass is 454 g/mol. The number of aromatic nitrogens is 2. The van der Waals surface area contributed by atoms with Crippen molar-refractivity contribution in [1.29, 1.82) is 0 Å². The number of halogens is 2. The molecule has 0 radical (unpaired) electrons. The smallest absolute Gasteiger partial charge is 0.226 e. The van der Waals surface area contributed by atoms with Crippen LogP contribution >= 0.6 is 11.6 Å². The van der Waals surface area contributed by atoms with Crippen molar-refractivity contribution in [3.8, 4) is 5.69 Å². The van der Waals surface area contributed by atoms with Crippen LogP contribution in [0.4, 0.5) is 10.2 Å². The Balaban J connectivity index is 1.70. The van der Waals surface area contributed by atoms with Crippen LogP contribution < -0.4 is 4.90 Å². The van der Waals surface area contributed by atoms with E-state index in [-0.39, 0.29) is 17.6 Å². The van der Waals surface area contributed by atoms with E-state index in [0.717, 1.165) is 47.6 Å². The molecule has 1 saturated carbocycles. The van der Waals surface area contributed by atoms with E-state index >= 15 is 0 Å². The molecule has 5 nitrogen and oxygen atoms in total. The number of hydrogen-bond donors (Lipinski definition) is 0. The summed E-state index contributed by atoms with van der Waals surface area (Å²) in [5.74, 6) is 0.858. The topological polar surface area (TPSA) is 41.4 Å². The molecule has 1 aliphatic carbocycles. The number of carbonyl (C=O) groups excluding carboxylic acids is 1. The maximum atomic E-state index is 13.4. The zero-order valence-corrected chi connectivity index (χ0v) is 19.4. The molecule has 1 heterocycles. The highest BCUT2D eigenvalue weighted by Gasteiger charge is 2.31. The van der Waals surface area contributed by atoms with Gasteiger partial charge in [-0.2, -0.15) is 5.10 Å². The standard InChI is InChI=1S/C25H28ClFN4O/c1-17-23(24(29(2)3)31(28-17)22-9-5-8-20(26)14-22)16-30(25(32)19-6-4-7-19)15-18-10-12-21(27)13-11-18/h5,8-14,19H,4,6-7,15-16H2,1-3H3. The summed E-state index contributed by atoms with van der Waals surface area (Å²) in [4.78, 5) is 17.2. The average molecular weight is 455 g/mol. The van der Waals surface area contributed by atoms with Crippen molar-refractivity contribution in [3.05, 3.63) is 76.2 Å². The number of carbonyl (C=O) groups is 1. The van der Waals surface area contributed by atoms with Gasteiger partial charge in [0.1, 0.15) is 11.6 Å². The van der Waals surface area contributed by atoms with E-state index in [1.54, 1.807) is 12.1 Å². The molecule has 4 rings (SSSR count). The van der Waals surface area contributed by atoms with E-state index in [2.05, 4.69) is 0 Å². The van der Waals surface area contributed by atoms with Gasteiger partial charge in [-0.25, -0.2) is 9.07 Å². The molecule has 3 aromatic rings. The second-order valence-corrected chi connectivity index (χ2v) is 9.06. The largest absolute Gasteiger partial charge is 0.362 e. The molecule has 0 saturated heterocycles. The predicted octanol–water partition coefficient (Wildman–Crippen LogP) is 5.37. The van der Waals surface area contributed by atoms with Crippen molar-refractivity contribution in [1.82, 2.24) is 14.7 Å². The third-order valence-corrected chi connectivity index (χ3v) is 6.27. The second kappa shape index (κ2) is 9.33. The summed E-state index contributed by atoms with van der Waals surface area (Å²) in [7, 11) is 3.94.